The summed E-state index contributed by atoms with van der Waals surface area (Å²) in [6, 6.07) is 2.80. The number of aliphatic hydroxyl groups is 1. The Kier molecular flexibility index (Phi) is 5.69. The zero-order valence-electron chi connectivity index (χ0n) is 15.4. The summed E-state index contributed by atoms with van der Waals surface area (Å²) >= 11 is 1.74. The van der Waals surface area contributed by atoms with Gasteiger partial charge in [0.25, 0.3) is 0 Å². The highest BCUT2D eigenvalue weighted by molar-refractivity contribution is 7.18. The molecule has 0 amide bonds. The highest BCUT2D eigenvalue weighted by Crippen LogP contribution is 2.34. The first-order chi connectivity index (χ1) is 12.8. The summed E-state index contributed by atoms with van der Waals surface area (Å²) in [6.45, 7) is 8.17. The van der Waals surface area contributed by atoms with Crippen LogP contribution in [0.2, 0.25) is 0 Å². The van der Waals surface area contributed by atoms with E-state index >= 15 is 0 Å². The van der Waals surface area contributed by atoms with E-state index in [2.05, 4.69) is 32.8 Å². The SMILES string of the molecule is Cc1cc2c(N3CCC(N4CCOCC4)C(CCCO)C3)ncnc2s1. The van der Waals surface area contributed by atoms with Gasteiger partial charge in [0, 0.05) is 43.7 Å². The average molecular weight is 377 g/mol. The normalized spacial score (nSPS) is 25.1. The summed E-state index contributed by atoms with van der Waals surface area (Å²) in [4.78, 5) is 16.5. The van der Waals surface area contributed by atoms with Gasteiger partial charge in [-0.3, -0.25) is 4.90 Å². The van der Waals surface area contributed by atoms with E-state index in [1.807, 2.05) is 0 Å². The van der Waals surface area contributed by atoms with Crippen LogP contribution < -0.4 is 4.90 Å². The molecule has 4 heterocycles. The number of morpholine rings is 1. The molecule has 1 N–H and O–H groups in total. The predicted molar refractivity (Wildman–Crippen MR) is 105 cm³/mol. The van der Waals surface area contributed by atoms with Crippen molar-refractivity contribution in [1.29, 1.82) is 0 Å². The van der Waals surface area contributed by atoms with E-state index in [0.29, 0.717) is 12.0 Å². The Morgan fingerprint density at radius 3 is 2.92 bits per heavy atom. The number of aliphatic hydroxyl groups excluding tert-OH is 1. The molecule has 6 nitrogen and oxygen atoms in total. The number of ether oxygens (including phenoxy) is 1. The number of nitrogens with zero attached hydrogens (tertiary/aromatic N) is 4. The number of piperidine rings is 1. The van der Waals surface area contributed by atoms with Crippen molar-refractivity contribution in [1.82, 2.24) is 14.9 Å². The topological polar surface area (TPSA) is 61.7 Å². The third-order valence-electron chi connectivity index (χ3n) is 5.67. The molecule has 26 heavy (non-hydrogen) atoms. The van der Waals surface area contributed by atoms with Gasteiger partial charge in [-0.05, 0) is 38.2 Å². The van der Waals surface area contributed by atoms with Crippen LogP contribution in [-0.2, 0) is 4.74 Å². The first kappa shape index (κ1) is 18.1. The number of hydrogen-bond acceptors (Lipinski definition) is 7. The van der Waals surface area contributed by atoms with Crippen LogP contribution in [0.3, 0.4) is 0 Å². The van der Waals surface area contributed by atoms with Gasteiger partial charge in [-0.2, -0.15) is 0 Å². The fourth-order valence-corrected chi connectivity index (χ4v) is 5.30. The molecule has 2 aromatic rings. The summed E-state index contributed by atoms with van der Waals surface area (Å²) in [7, 11) is 0. The molecule has 2 aliphatic rings. The Morgan fingerprint density at radius 2 is 2.12 bits per heavy atom. The van der Waals surface area contributed by atoms with Gasteiger partial charge in [-0.25, -0.2) is 9.97 Å². The highest BCUT2D eigenvalue weighted by Gasteiger charge is 2.34. The lowest BCUT2D eigenvalue weighted by atomic mass is 9.86. The van der Waals surface area contributed by atoms with Gasteiger partial charge in [0.05, 0.1) is 18.6 Å². The van der Waals surface area contributed by atoms with Crippen molar-refractivity contribution in [2.75, 3.05) is 50.9 Å². The quantitative estimate of drug-likeness (QED) is 0.864. The van der Waals surface area contributed by atoms with Crippen molar-refractivity contribution in [3.05, 3.63) is 17.3 Å². The number of anilines is 1. The predicted octanol–water partition coefficient (Wildman–Crippen LogP) is 2.30. The van der Waals surface area contributed by atoms with Gasteiger partial charge in [-0.15, -0.1) is 11.3 Å². The first-order valence-corrected chi connectivity index (χ1v) is 10.5. The lowest BCUT2D eigenvalue weighted by molar-refractivity contribution is -0.00413. The zero-order chi connectivity index (χ0) is 17.9. The van der Waals surface area contributed by atoms with E-state index in [1.54, 1.807) is 17.7 Å². The third kappa shape index (κ3) is 3.71. The number of thiophene rings is 1. The van der Waals surface area contributed by atoms with E-state index in [0.717, 1.165) is 69.3 Å². The molecule has 2 atom stereocenters. The van der Waals surface area contributed by atoms with E-state index in [9.17, 15) is 5.11 Å². The summed E-state index contributed by atoms with van der Waals surface area (Å²) in [5.41, 5.74) is 0. The van der Waals surface area contributed by atoms with Crippen molar-refractivity contribution in [2.45, 2.75) is 32.2 Å². The number of hydrogen-bond donors (Lipinski definition) is 1. The molecule has 2 aromatic heterocycles. The first-order valence-electron chi connectivity index (χ1n) is 9.65. The van der Waals surface area contributed by atoms with Gasteiger partial charge in [0.2, 0.25) is 0 Å². The van der Waals surface area contributed by atoms with Gasteiger partial charge >= 0.3 is 0 Å². The number of rotatable bonds is 5. The van der Waals surface area contributed by atoms with E-state index < -0.39 is 0 Å². The molecule has 2 saturated heterocycles. The lowest BCUT2D eigenvalue weighted by Crippen LogP contribution is -2.54. The second kappa shape index (κ2) is 8.17. The average Bonchev–Trinajstić information content (AvgIpc) is 3.07. The minimum absolute atomic E-state index is 0.272. The van der Waals surface area contributed by atoms with Gasteiger partial charge in [0.15, 0.2) is 0 Å². The molecular formula is C19H28N4O2S. The summed E-state index contributed by atoms with van der Waals surface area (Å²) < 4.78 is 5.54. The molecule has 4 rings (SSSR count). The maximum Gasteiger partial charge on any atom is 0.140 e. The van der Waals surface area contributed by atoms with Gasteiger partial charge in [-0.1, -0.05) is 0 Å². The lowest BCUT2D eigenvalue weighted by Gasteiger charge is -2.45. The Hall–Kier alpha value is -1.28. The van der Waals surface area contributed by atoms with E-state index in [4.69, 9.17) is 4.74 Å². The second-order valence-electron chi connectivity index (χ2n) is 7.35. The molecule has 0 radical (unpaired) electrons. The molecule has 7 heteroatoms. The Balaban J connectivity index is 1.55. The number of aromatic nitrogens is 2. The standard InChI is InChI=1S/C19H28N4O2S/c1-14-11-16-18(20-13-21-19(16)26-14)23-5-4-17(15(12-23)3-2-8-24)22-6-9-25-10-7-22/h11,13,15,17,24H,2-10,12H2,1H3. The smallest absolute Gasteiger partial charge is 0.140 e. The summed E-state index contributed by atoms with van der Waals surface area (Å²) in [6.07, 6.45) is 4.77. The fourth-order valence-electron chi connectivity index (χ4n) is 4.45. The fraction of sp³-hybridized carbons (Fsp3) is 0.684. The van der Waals surface area contributed by atoms with Crippen LogP contribution in [-0.4, -0.2) is 72.0 Å². The Labute approximate surface area is 158 Å². The van der Waals surface area contributed by atoms with Crippen LogP contribution in [0.5, 0.6) is 0 Å². The number of aryl methyl sites for hydroxylation is 1. The van der Waals surface area contributed by atoms with Crippen LogP contribution in [0.1, 0.15) is 24.1 Å². The van der Waals surface area contributed by atoms with E-state index in [-0.39, 0.29) is 6.61 Å². The van der Waals surface area contributed by atoms with Crippen molar-refractivity contribution < 1.29 is 9.84 Å². The second-order valence-corrected chi connectivity index (χ2v) is 8.58. The highest BCUT2D eigenvalue weighted by atomic mass is 32.1. The van der Waals surface area contributed by atoms with Crippen LogP contribution >= 0.6 is 11.3 Å². The molecule has 0 spiro atoms. The van der Waals surface area contributed by atoms with Crippen molar-refractivity contribution in [2.24, 2.45) is 5.92 Å². The largest absolute Gasteiger partial charge is 0.396 e. The van der Waals surface area contributed by atoms with Crippen LogP contribution in [0.15, 0.2) is 12.4 Å². The molecule has 2 unspecified atom stereocenters. The zero-order valence-corrected chi connectivity index (χ0v) is 16.2. The maximum absolute atomic E-state index is 9.35. The van der Waals surface area contributed by atoms with Crippen LogP contribution in [0.25, 0.3) is 10.2 Å². The molecule has 0 aliphatic carbocycles. The van der Waals surface area contributed by atoms with Gasteiger partial charge < -0.3 is 14.7 Å². The summed E-state index contributed by atoms with van der Waals surface area (Å²) in [5.74, 6) is 1.63. The molecule has 2 fully saturated rings. The Morgan fingerprint density at radius 1 is 1.27 bits per heavy atom. The molecule has 2 aliphatic heterocycles. The van der Waals surface area contributed by atoms with Crippen LogP contribution in [0.4, 0.5) is 5.82 Å². The minimum atomic E-state index is 0.272. The molecule has 142 valence electrons. The molecule has 0 saturated carbocycles. The minimum Gasteiger partial charge on any atom is -0.396 e. The monoisotopic (exact) mass is 376 g/mol. The molecule has 0 bridgehead atoms. The molecule has 0 aromatic carbocycles. The summed E-state index contributed by atoms with van der Waals surface area (Å²) in [5, 5.41) is 10.5. The maximum atomic E-state index is 9.35. The van der Waals surface area contributed by atoms with Crippen LogP contribution in [0, 0.1) is 12.8 Å². The molecular weight excluding hydrogens is 348 g/mol. The third-order valence-corrected chi connectivity index (χ3v) is 6.63. The van der Waals surface area contributed by atoms with Gasteiger partial charge in [0.1, 0.15) is 17.0 Å². The van der Waals surface area contributed by atoms with Crippen molar-refractivity contribution >= 4 is 27.4 Å². The van der Waals surface area contributed by atoms with Crippen molar-refractivity contribution in [3.8, 4) is 0 Å². The van der Waals surface area contributed by atoms with E-state index in [1.165, 1.54) is 10.3 Å². The van der Waals surface area contributed by atoms with Crippen molar-refractivity contribution in [3.63, 3.8) is 0 Å². The Bertz CT molecular complexity index is 731. The number of fused-ring (bicyclic) bond motifs is 1.